The van der Waals surface area contributed by atoms with Crippen LogP contribution in [0.3, 0.4) is 0 Å². The fourth-order valence-electron chi connectivity index (χ4n) is 4.13. The Morgan fingerprint density at radius 3 is 2.63 bits per heavy atom. The zero-order chi connectivity index (χ0) is 25.2. The van der Waals surface area contributed by atoms with Gasteiger partial charge < -0.3 is 14.0 Å². The summed E-state index contributed by atoms with van der Waals surface area (Å²) in [6.07, 6.45) is 4.03. The molecule has 1 aliphatic rings. The largest absolute Gasteiger partial charge is 0.472 e. The van der Waals surface area contributed by atoms with Gasteiger partial charge in [-0.25, -0.2) is 13.1 Å². The van der Waals surface area contributed by atoms with Gasteiger partial charge >= 0.3 is 0 Å². The van der Waals surface area contributed by atoms with Crippen molar-refractivity contribution in [3.8, 4) is 5.88 Å². The summed E-state index contributed by atoms with van der Waals surface area (Å²) in [6, 6.07) is 11.7. The number of hydrogen-bond acceptors (Lipinski definition) is 5. The van der Waals surface area contributed by atoms with E-state index in [1.54, 1.807) is 24.3 Å². The van der Waals surface area contributed by atoms with E-state index in [0.29, 0.717) is 12.6 Å². The van der Waals surface area contributed by atoms with Crippen molar-refractivity contribution in [3.63, 3.8) is 0 Å². The molecule has 35 heavy (non-hydrogen) atoms. The molecular weight excluding hydrogens is 546 g/mol. The first-order chi connectivity index (χ1) is 16.5. The second kappa shape index (κ2) is 10.7. The van der Waals surface area contributed by atoms with Crippen LogP contribution in [0.5, 0.6) is 5.88 Å². The van der Waals surface area contributed by atoms with Crippen molar-refractivity contribution in [3.05, 3.63) is 52.6 Å². The molecule has 7 nitrogen and oxygen atoms in total. The highest BCUT2D eigenvalue weighted by atomic mass is 79.9. The van der Waals surface area contributed by atoms with E-state index in [1.165, 1.54) is 0 Å². The molecule has 1 aromatic carbocycles. The van der Waals surface area contributed by atoms with Crippen molar-refractivity contribution in [1.82, 2.24) is 14.3 Å². The molecule has 1 saturated carbocycles. The van der Waals surface area contributed by atoms with Crippen molar-refractivity contribution in [2.45, 2.75) is 75.6 Å². The molecule has 0 aliphatic heterocycles. The van der Waals surface area contributed by atoms with Gasteiger partial charge in [-0.2, -0.15) is 4.98 Å². The standard InChI is InChI=1S/C25H34BrN3O4SSi/c1-18-8-10-20(11-9-18)34(30,31)28-22-6-5-7-23(22)33-25-21(26)16-19-12-13-29(24(19)27-25)17-32-14-15-35(2,3)4/h8-13,16,22-23,28H,5-7,14-15,17H2,1-4H3/t22-,23-/m1/s1. The van der Waals surface area contributed by atoms with Gasteiger partial charge in [0.25, 0.3) is 0 Å². The van der Waals surface area contributed by atoms with Gasteiger partial charge in [0.15, 0.2) is 0 Å². The Morgan fingerprint density at radius 2 is 1.91 bits per heavy atom. The number of fused-ring (bicyclic) bond motifs is 1. The maximum absolute atomic E-state index is 12.9. The zero-order valence-corrected chi connectivity index (χ0v) is 24.2. The minimum absolute atomic E-state index is 0.265. The van der Waals surface area contributed by atoms with Gasteiger partial charge in [0.05, 0.1) is 15.4 Å². The molecule has 1 aliphatic carbocycles. The Labute approximate surface area is 217 Å². The summed E-state index contributed by atoms with van der Waals surface area (Å²) >= 11 is 3.58. The number of sulfonamides is 1. The van der Waals surface area contributed by atoms with E-state index >= 15 is 0 Å². The molecule has 0 amide bonds. The minimum Gasteiger partial charge on any atom is -0.472 e. The summed E-state index contributed by atoms with van der Waals surface area (Å²) in [5, 5.41) is 0.987. The van der Waals surface area contributed by atoms with E-state index in [9.17, 15) is 8.42 Å². The lowest BCUT2D eigenvalue weighted by Gasteiger charge is -2.22. The molecule has 3 aromatic rings. The van der Waals surface area contributed by atoms with Gasteiger partial charge in [-0.1, -0.05) is 37.3 Å². The number of aromatic nitrogens is 2. The Hall–Kier alpha value is -1.72. The zero-order valence-electron chi connectivity index (χ0n) is 20.8. The summed E-state index contributed by atoms with van der Waals surface area (Å²) < 4.78 is 43.6. The van der Waals surface area contributed by atoms with Crippen LogP contribution < -0.4 is 9.46 Å². The quantitative estimate of drug-likeness (QED) is 0.246. The number of benzene rings is 1. The fraction of sp³-hybridized carbons (Fsp3) is 0.480. The number of nitrogens with one attached hydrogen (secondary N) is 1. The molecule has 2 atom stereocenters. The number of halogens is 1. The van der Waals surface area contributed by atoms with E-state index in [2.05, 4.69) is 40.3 Å². The number of ether oxygens (including phenoxy) is 2. The van der Waals surface area contributed by atoms with Gasteiger partial charge in [0.1, 0.15) is 18.5 Å². The summed E-state index contributed by atoms with van der Waals surface area (Å²) in [5.74, 6) is 0.464. The highest BCUT2D eigenvalue weighted by molar-refractivity contribution is 9.10. The first-order valence-corrected chi connectivity index (χ1v) is 18.0. The number of pyridine rings is 1. The van der Waals surface area contributed by atoms with Gasteiger partial charge in [0.2, 0.25) is 15.9 Å². The number of hydrogen-bond donors (Lipinski definition) is 1. The van der Waals surface area contributed by atoms with Crippen LogP contribution in [-0.2, 0) is 21.5 Å². The molecular formula is C25H34BrN3O4SSi. The molecule has 0 radical (unpaired) electrons. The molecule has 2 heterocycles. The molecule has 2 aromatic heterocycles. The molecule has 4 rings (SSSR count). The average molecular weight is 581 g/mol. The monoisotopic (exact) mass is 579 g/mol. The number of nitrogens with zero attached hydrogens (tertiary/aromatic N) is 2. The second-order valence-corrected chi connectivity index (χ2v) is 18.6. The SMILES string of the molecule is Cc1ccc(S(=O)(=O)N[C@@H]2CCC[C@H]2Oc2nc3c(ccn3COCC[Si](C)(C)C)cc2Br)cc1. The molecule has 0 saturated heterocycles. The van der Waals surface area contributed by atoms with Crippen molar-refractivity contribution in [2.75, 3.05) is 6.61 Å². The summed E-state index contributed by atoms with van der Waals surface area (Å²) in [4.78, 5) is 5.04. The van der Waals surface area contributed by atoms with Crippen LogP contribution in [-0.4, -0.2) is 44.8 Å². The van der Waals surface area contributed by atoms with Crippen LogP contribution in [0, 0.1) is 6.92 Å². The van der Waals surface area contributed by atoms with Crippen molar-refractivity contribution in [1.29, 1.82) is 0 Å². The third-order valence-electron chi connectivity index (χ3n) is 6.24. The molecule has 190 valence electrons. The van der Waals surface area contributed by atoms with Crippen LogP contribution in [0.4, 0.5) is 0 Å². The first kappa shape index (κ1) is 26.3. The van der Waals surface area contributed by atoms with Gasteiger partial charge in [-0.3, -0.25) is 0 Å². The maximum Gasteiger partial charge on any atom is 0.240 e. The highest BCUT2D eigenvalue weighted by Gasteiger charge is 2.33. The molecule has 1 fully saturated rings. The summed E-state index contributed by atoms with van der Waals surface area (Å²) in [5.41, 5.74) is 1.80. The third-order valence-corrected chi connectivity index (χ3v) is 10.0. The van der Waals surface area contributed by atoms with Crippen molar-refractivity contribution in [2.24, 2.45) is 0 Å². The lowest BCUT2D eigenvalue weighted by molar-refractivity contribution is 0.0897. The molecule has 0 bridgehead atoms. The minimum atomic E-state index is -3.63. The van der Waals surface area contributed by atoms with Gasteiger partial charge in [-0.05, 0) is 72.4 Å². The lowest BCUT2D eigenvalue weighted by Crippen LogP contribution is -2.42. The predicted molar refractivity (Wildman–Crippen MR) is 145 cm³/mol. The van der Waals surface area contributed by atoms with Crippen LogP contribution in [0.15, 0.2) is 52.0 Å². The average Bonchev–Trinajstić information content (AvgIpc) is 3.37. The van der Waals surface area contributed by atoms with Crippen LogP contribution in [0.2, 0.25) is 25.7 Å². The van der Waals surface area contributed by atoms with Gasteiger partial charge in [-0.15, -0.1) is 0 Å². The fourth-order valence-corrected chi connectivity index (χ4v) is 6.61. The van der Waals surface area contributed by atoms with Crippen LogP contribution >= 0.6 is 15.9 Å². The van der Waals surface area contributed by atoms with Crippen molar-refractivity contribution < 1.29 is 17.9 Å². The van der Waals surface area contributed by atoms with Gasteiger partial charge in [0, 0.05) is 26.3 Å². The summed E-state index contributed by atoms with van der Waals surface area (Å²) in [6.45, 7) is 10.1. The maximum atomic E-state index is 12.9. The van der Waals surface area contributed by atoms with E-state index in [1.807, 2.05) is 29.8 Å². The Kier molecular flexibility index (Phi) is 8.07. The Morgan fingerprint density at radius 1 is 1.17 bits per heavy atom. The second-order valence-electron chi connectivity index (χ2n) is 10.4. The van der Waals surface area contributed by atoms with E-state index < -0.39 is 18.1 Å². The topological polar surface area (TPSA) is 82.5 Å². The van der Waals surface area contributed by atoms with Crippen LogP contribution in [0.1, 0.15) is 24.8 Å². The normalized spacial score (nSPS) is 18.9. The summed E-state index contributed by atoms with van der Waals surface area (Å²) in [7, 11) is -4.77. The van der Waals surface area contributed by atoms with E-state index in [0.717, 1.165) is 53.0 Å². The predicted octanol–water partition coefficient (Wildman–Crippen LogP) is 5.70. The van der Waals surface area contributed by atoms with Crippen molar-refractivity contribution >= 4 is 45.1 Å². The first-order valence-electron chi connectivity index (χ1n) is 12.0. The third kappa shape index (κ3) is 6.74. The smallest absolute Gasteiger partial charge is 0.240 e. The highest BCUT2D eigenvalue weighted by Crippen LogP contribution is 2.32. The van der Waals surface area contributed by atoms with Crippen LogP contribution in [0.25, 0.3) is 11.0 Å². The molecule has 0 spiro atoms. The number of aryl methyl sites for hydroxylation is 1. The molecule has 1 N–H and O–H groups in total. The number of rotatable bonds is 10. The Bertz CT molecular complexity index is 1270. The molecule has 10 heteroatoms. The van der Waals surface area contributed by atoms with E-state index in [-0.39, 0.29) is 17.0 Å². The Balaban J connectivity index is 1.47. The van der Waals surface area contributed by atoms with E-state index in [4.69, 9.17) is 14.5 Å². The lowest BCUT2D eigenvalue weighted by atomic mass is 10.2. The molecule has 0 unspecified atom stereocenters.